The van der Waals surface area contributed by atoms with E-state index in [1.54, 1.807) is 32.2 Å². The molecule has 94 valence electrons. The molecule has 0 fully saturated rings. The molecular formula is C12H10BrNO4. The summed E-state index contributed by atoms with van der Waals surface area (Å²) in [6.45, 7) is 1.59. The number of methoxy groups -OCH3 is 1. The Labute approximate surface area is 111 Å². The van der Waals surface area contributed by atoms with E-state index in [0.29, 0.717) is 21.5 Å². The Hall–Kier alpha value is -1.82. The lowest BCUT2D eigenvalue weighted by Gasteiger charge is -2.04. The Balaban J connectivity index is 2.56. The lowest BCUT2D eigenvalue weighted by molar-refractivity contribution is 0.0696. The Kier molecular flexibility index (Phi) is 3.38. The molecule has 0 aliphatic heterocycles. The Morgan fingerprint density at radius 1 is 1.50 bits per heavy atom. The van der Waals surface area contributed by atoms with E-state index in [4.69, 9.17) is 14.4 Å². The number of nitrogens with zero attached hydrogens (tertiary/aromatic N) is 1. The predicted octanol–water partition coefficient (Wildman–Crippen LogP) is 3.12. The van der Waals surface area contributed by atoms with Gasteiger partial charge in [0.15, 0.2) is 5.76 Å². The number of aryl methyl sites for hydroxylation is 1. The number of aromatic nitrogens is 1. The van der Waals surface area contributed by atoms with Crippen molar-refractivity contribution in [3.63, 3.8) is 0 Å². The SMILES string of the molecule is COc1ccc(-c2onc(C)c2C(=O)O)cc1Br. The van der Waals surface area contributed by atoms with Crippen LogP contribution in [0.2, 0.25) is 0 Å². The highest BCUT2D eigenvalue weighted by Crippen LogP contribution is 2.32. The van der Waals surface area contributed by atoms with Crippen LogP contribution >= 0.6 is 15.9 Å². The molecule has 0 aliphatic rings. The van der Waals surface area contributed by atoms with Gasteiger partial charge in [-0.25, -0.2) is 4.79 Å². The summed E-state index contributed by atoms with van der Waals surface area (Å²) in [5, 5.41) is 12.8. The van der Waals surface area contributed by atoms with Gasteiger partial charge in [-0.1, -0.05) is 5.16 Å². The van der Waals surface area contributed by atoms with Gasteiger partial charge in [0, 0.05) is 5.56 Å². The third-order valence-electron chi connectivity index (χ3n) is 2.49. The van der Waals surface area contributed by atoms with Crippen molar-refractivity contribution in [2.24, 2.45) is 0 Å². The van der Waals surface area contributed by atoms with E-state index in [1.807, 2.05) is 0 Å². The zero-order valence-corrected chi connectivity index (χ0v) is 11.3. The summed E-state index contributed by atoms with van der Waals surface area (Å²) in [6.07, 6.45) is 0. The molecular weight excluding hydrogens is 302 g/mol. The van der Waals surface area contributed by atoms with Crippen molar-refractivity contribution < 1.29 is 19.2 Å². The fourth-order valence-corrected chi connectivity index (χ4v) is 2.17. The van der Waals surface area contributed by atoms with Crippen molar-refractivity contribution in [3.8, 4) is 17.1 Å². The molecule has 0 saturated heterocycles. The number of benzene rings is 1. The second-order valence-electron chi connectivity index (χ2n) is 3.63. The Morgan fingerprint density at radius 2 is 2.22 bits per heavy atom. The standard InChI is InChI=1S/C12H10BrNO4/c1-6-10(12(15)16)11(18-14-6)7-3-4-9(17-2)8(13)5-7/h3-5H,1-2H3,(H,15,16). The molecule has 5 nitrogen and oxygen atoms in total. The first-order chi connectivity index (χ1) is 8.54. The number of carbonyl (C=O) groups is 1. The number of halogens is 1. The molecule has 0 amide bonds. The lowest BCUT2D eigenvalue weighted by Crippen LogP contribution is -1.99. The van der Waals surface area contributed by atoms with Crippen molar-refractivity contribution in [2.45, 2.75) is 6.92 Å². The van der Waals surface area contributed by atoms with Crippen molar-refractivity contribution in [2.75, 3.05) is 7.11 Å². The molecule has 1 aromatic heterocycles. The van der Waals surface area contributed by atoms with Crippen LogP contribution < -0.4 is 4.74 Å². The largest absolute Gasteiger partial charge is 0.496 e. The minimum Gasteiger partial charge on any atom is -0.496 e. The van der Waals surface area contributed by atoms with Crippen LogP contribution in [0.15, 0.2) is 27.2 Å². The number of hydrogen-bond acceptors (Lipinski definition) is 4. The minimum atomic E-state index is -1.06. The molecule has 2 aromatic rings. The maximum Gasteiger partial charge on any atom is 0.341 e. The molecule has 0 spiro atoms. The van der Waals surface area contributed by atoms with Gasteiger partial charge >= 0.3 is 5.97 Å². The van der Waals surface area contributed by atoms with Crippen LogP contribution in [0, 0.1) is 6.92 Å². The van der Waals surface area contributed by atoms with E-state index >= 15 is 0 Å². The number of aromatic carboxylic acids is 1. The van der Waals surface area contributed by atoms with Crippen molar-refractivity contribution >= 4 is 21.9 Å². The summed E-state index contributed by atoms with van der Waals surface area (Å²) in [5.74, 6) is -0.161. The van der Waals surface area contributed by atoms with Crippen molar-refractivity contribution in [3.05, 3.63) is 33.9 Å². The monoisotopic (exact) mass is 311 g/mol. The molecule has 0 bridgehead atoms. The van der Waals surface area contributed by atoms with Crippen molar-refractivity contribution in [1.82, 2.24) is 5.16 Å². The van der Waals surface area contributed by atoms with Crippen LogP contribution in [-0.2, 0) is 0 Å². The van der Waals surface area contributed by atoms with Crippen LogP contribution in [0.4, 0.5) is 0 Å². The molecule has 0 saturated carbocycles. The molecule has 1 N–H and O–H groups in total. The Morgan fingerprint density at radius 3 is 2.78 bits per heavy atom. The molecule has 0 atom stereocenters. The van der Waals surface area contributed by atoms with E-state index in [9.17, 15) is 4.79 Å². The maximum atomic E-state index is 11.1. The number of hydrogen-bond donors (Lipinski definition) is 1. The maximum absolute atomic E-state index is 11.1. The van der Waals surface area contributed by atoms with E-state index in [1.165, 1.54) is 0 Å². The highest BCUT2D eigenvalue weighted by molar-refractivity contribution is 9.10. The second kappa shape index (κ2) is 4.81. The molecule has 2 rings (SSSR count). The highest BCUT2D eigenvalue weighted by atomic mass is 79.9. The first kappa shape index (κ1) is 12.6. The third kappa shape index (κ3) is 2.11. The molecule has 0 unspecified atom stereocenters. The van der Waals surface area contributed by atoms with Gasteiger partial charge in [0.2, 0.25) is 0 Å². The van der Waals surface area contributed by atoms with Gasteiger partial charge in [0.1, 0.15) is 11.3 Å². The smallest absolute Gasteiger partial charge is 0.341 e. The zero-order valence-electron chi connectivity index (χ0n) is 9.73. The summed E-state index contributed by atoms with van der Waals surface area (Å²) in [5.41, 5.74) is 1.05. The van der Waals surface area contributed by atoms with Crippen LogP contribution in [0.3, 0.4) is 0 Å². The first-order valence-electron chi connectivity index (χ1n) is 5.08. The van der Waals surface area contributed by atoms with Gasteiger partial charge in [-0.2, -0.15) is 0 Å². The number of rotatable bonds is 3. The van der Waals surface area contributed by atoms with Crippen LogP contribution in [0.25, 0.3) is 11.3 Å². The van der Waals surface area contributed by atoms with Crippen LogP contribution in [-0.4, -0.2) is 23.3 Å². The normalized spacial score (nSPS) is 10.4. The van der Waals surface area contributed by atoms with Gasteiger partial charge in [-0.15, -0.1) is 0 Å². The van der Waals surface area contributed by atoms with E-state index in [-0.39, 0.29) is 11.3 Å². The zero-order chi connectivity index (χ0) is 13.3. The molecule has 0 aliphatic carbocycles. The fraction of sp³-hybridized carbons (Fsp3) is 0.167. The number of ether oxygens (including phenoxy) is 1. The van der Waals surface area contributed by atoms with E-state index < -0.39 is 5.97 Å². The summed E-state index contributed by atoms with van der Waals surface area (Å²) in [4.78, 5) is 11.1. The van der Waals surface area contributed by atoms with Gasteiger partial charge in [0.05, 0.1) is 17.3 Å². The molecule has 0 radical (unpaired) electrons. The topological polar surface area (TPSA) is 72.6 Å². The summed E-state index contributed by atoms with van der Waals surface area (Å²) >= 11 is 3.34. The summed E-state index contributed by atoms with van der Waals surface area (Å²) in [7, 11) is 1.56. The highest BCUT2D eigenvalue weighted by Gasteiger charge is 2.21. The summed E-state index contributed by atoms with van der Waals surface area (Å²) < 4.78 is 10.9. The van der Waals surface area contributed by atoms with Gasteiger partial charge in [-0.3, -0.25) is 0 Å². The minimum absolute atomic E-state index is 0.0760. The average Bonchev–Trinajstić information content (AvgIpc) is 2.71. The molecule has 18 heavy (non-hydrogen) atoms. The van der Waals surface area contributed by atoms with Gasteiger partial charge in [0.25, 0.3) is 0 Å². The summed E-state index contributed by atoms with van der Waals surface area (Å²) in [6, 6.07) is 5.17. The van der Waals surface area contributed by atoms with Gasteiger partial charge in [-0.05, 0) is 41.1 Å². The molecule has 6 heteroatoms. The first-order valence-corrected chi connectivity index (χ1v) is 5.87. The number of carboxylic acids is 1. The fourth-order valence-electron chi connectivity index (χ4n) is 1.63. The molecule has 1 aromatic carbocycles. The van der Waals surface area contributed by atoms with E-state index in [0.717, 1.165) is 0 Å². The molecule has 1 heterocycles. The van der Waals surface area contributed by atoms with Crippen LogP contribution in [0.5, 0.6) is 5.75 Å². The average molecular weight is 312 g/mol. The van der Waals surface area contributed by atoms with Crippen molar-refractivity contribution in [1.29, 1.82) is 0 Å². The quantitative estimate of drug-likeness (QED) is 0.942. The van der Waals surface area contributed by atoms with Crippen LogP contribution in [0.1, 0.15) is 16.1 Å². The second-order valence-corrected chi connectivity index (χ2v) is 4.48. The third-order valence-corrected chi connectivity index (χ3v) is 3.11. The van der Waals surface area contributed by atoms with E-state index in [2.05, 4.69) is 21.1 Å². The number of carboxylic acid groups (broad SMARTS) is 1. The van der Waals surface area contributed by atoms with Gasteiger partial charge < -0.3 is 14.4 Å². The Bertz CT molecular complexity index is 606. The predicted molar refractivity (Wildman–Crippen MR) is 67.9 cm³/mol. The lowest BCUT2D eigenvalue weighted by atomic mass is 10.1.